The molecule has 6 nitrogen and oxygen atoms in total. The summed E-state index contributed by atoms with van der Waals surface area (Å²) >= 11 is 0. The maximum Gasteiger partial charge on any atom is 0.254 e. The molecule has 1 atom stereocenters. The van der Waals surface area contributed by atoms with Gasteiger partial charge in [-0.3, -0.25) is 9.69 Å². The molecule has 1 aliphatic carbocycles. The Kier molecular flexibility index (Phi) is 5.40. The molecule has 0 aromatic heterocycles. The molecule has 3 fully saturated rings. The first-order chi connectivity index (χ1) is 13.3. The summed E-state index contributed by atoms with van der Waals surface area (Å²) in [5, 5.41) is 0. The number of piperazine rings is 1. The molecule has 2 aliphatic heterocycles. The van der Waals surface area contributed by atoms with E-state index < -0.39 is 9.84 Å². The predicted molar refractivity (Wildman–Crippen MR) is 112 cm³/mol. The molecule has 0 bridgehead atoms. The van der Waals surface area contributed by atoms with Crippen LogP contribution in [0.5, 0.6) is 0 Å². The molecular weight excluding hydrogens is 374 g/mol. The molecule has 154 valence electrons. The van der Waals surface area contributed by atoms with Crippen LogP contribution in [0.1, 0.15) is 43.5 Å². The van der Waals surface area contributed by atoms with Gasteiger partial charge in [-0.15, -0.1) is 0 Å². The number of sulfone groups is 1. The van der Waals surface area contributed by atoms with Gasteiger partial charge in [0.2, 0.25) is 0 Å². The van der Waals surface area contributed by atoms with Gasteiger partial charge in [-0.25, -0.2) is 8.42 Å². The zero-order chi connectivity index (χ0) is 19.9. The van der Waals surface area contributed by atoms with Crippen molar-refractivity contribution in [3.8, 4) is 0 Å². The highest BCUT2D eigenvalue weighted by Crippen LogP contribution is 2.33. The van der Waals surface area contributed by atoms with E-state index in [1.807, 2.05) is 29.2 Å². The Morgan fingerprint density at radius 2 is 1.64 bits per heavy atom. The summed E-state index contributed by atoms with van der Waals surface area (Å²) in [6.07, 6.45) is 2.55. The maximum atomic E-state index is 13.1. The first kappa shape index (κ1) is 19.7. The summed E-state index contributed by atoms with van der Waals surface area (Å²) in [6, 6.07) is 8.53. The van der Waals surface area contributed by atoms with Crippen LogP contribution in [0.2, 0.25) is 0 Å². The van der Waals surface area contributed by atoms with Gasteiger partial charge in [-0.2, -0.15) is 0 Å². The Morgan fingerprint density at radius 1 is 1.00 bits per heavy atom. The molecule has 7 heteroatoms. The van der Waals surface area contributed by atoms with E-state index in [2.05, 4.69) is 23.6 Å². The van der Waals surface area contributed by atoms with Crippen LogP contribution >= 0.6 is 0 Å². The van der Waals surface area contributed by atoms with Gasteiger partial charge in [0.05, 0.1) is 11.5 Å². The van der Waals surface area contributed by atoms with Crippen molar-refractivity contribution in [2.75, 3.05) is 42.6 Å². The third kappa shape index (κ3) is 4.20. The van der Waals surface area contributed by atoms with Crippen molar-refractivity contribution in [3.05, 3.63) is 29.8 Å². The second-order valence-electron chi connectivity index (χ2n) is 8.66. The third-order valence-electron chi connectivity index (χ3n) is 6.30. The number of carbonyl (C=O) groups excluding carboxylic acids is 1. The summed E-state index contributed by atoms with van der Waals surface area (Å²) < 4.78 is 23.8. The van der Waals surface area contributed by atoms with E-state index in [4.69, 9.17) is 0 Å². The second-order valence-corrected chi connectivity index (χ2v) is 10.9. The minimum atomic E-state index is -3.00. The molecular formula is C21H31N3O3S. The zero-order valence-electron chi connectivity index (χ0n) is 16.9. The number of nitrogens with zero attached hydrogens (tertiary/aromatic N) is 3. The number of anilines is 1. The minimum absolute atomic E-state index is 0.0132. The van der Waals surface area contributed by atoms with Crippen molar-refractivity contribution < 1.29 is 13.2 Å². The lowest BCUT2D eigenvalue weighted by molar-refractivity contribution is 0.0681. The van der Waals surface area contributed by atoms with E-state index in [-0.39, 0.29) is 29.5 Å². The monoisotopic (exact) mass is 405 g/mol. The molecule has 0 spiro atoms. The van der Waals surface area contributed by atoms with Crippen molar-refractivity contribution in [2.24, 2.45) is 0 Å². The highest BCUT2D eigenvalue weighted by molar-refractivity contribution is 7.91. The fraction of sp³-hybridized carbons (Fsp3) is 0.667. The summed E-state index contributed by atoms with van der Waals surface area (Å²) in [6.45, 7) is 8.58. The van der Waals surface area contributed by atoms with Gasteiger partial charge >= 0.3 is 0 Å². The van der Waals surface area contributed by atoms with Crippen LogP contribution < -0.4 is 4.90 Å². The summed E-state index contributed by atoms with van der Waals surface area (Å²) in [4.78, 5) is 19.9. The Morgan fingerprint density at radius 3 is 2.14 bits per heavy atom. The third-order valence-corrected chi connectivity index (χ3v) is 8.05. The van der Waals surface area contributed by atoms with Crippen molar-refractivity contribution in [2.45, 2.75) is 51.2 Å². The molecule has 4 rings (SSSR count). The first-order valence-corrected chi connectivity index (χ1v) is 12.3. The fourth-order valence-corrected chi connectivity index (χ4v) is 6.15. The molecule has 1 aromatic rings. The lowest BCUT2D eigenvalue weighted by Gasteiger charge is -2.38. The van der Waals surface area contributed by atoms with Gasteiger partial charge in [0.25, 0.3) is 5.91 Å². The smallest absolute Gasteiger partial charge is 0.254 e. The van der Waals surface area contributed by atoms with Gasteiger partial charge in [0.15, 0.2) is 9.84 Å². The average Bonchev–Trinajstić information content (AvgIpc) is 3.45. The summed E-state index contributed by atoms with van der Waals surface area (Å²) in [7, 11) is -3.00. The zero-order valence-corrected chi connectivity index (χ0v) is 17.7. The molecule has 1 aromatic carbocycles. The highest BCUT2D eigenvalue weighted by Gasteiger charge is 2.42. The SMILES string of the molecule is CC(C)N1CCN(c2ccc(C(=O)N(C3CC3)C3CCS(=O)(=O)C3)cc2)CC1. The van der Waals surface area contributed by atoms with E-state index >= 15 is 0 Å². The number of hydrogen-bond donors (Lipinski definition) is 0. The summed E-state index contributed by atoms with van der Waals surface area (Å²) in [5.41, 5.74) is 1.82. The van der Waals surface area contributed by atoms with E-state index in [9.17, 15) is 13.2 Å². The molecule has 2 heterocycles. The second kappa shape index (κ2) is 7.67. The average molecular weight is 406 g/mol. The van der Waals surface area contributed by atoms with Gasteiger partial charge in [-0.05, 0) is 57.4 Å². The number of rotatable bonds is 5. The van der Waals surface area contributed by atoms with Crippen molar-refractivity contribution in [3.63, 3.8) is 0 Å². The Hall–Kier alpha value is -1.60. The van der Waals surface area contributed by atoms with Crippen LogP contribution in [-0.2, 0) is 9.84 Å². The minimum Gasteiger partial charge on any atom is -0.369 e. The number of benzene rings is 1. The van der Waals surface area contributed by atoms with Gasteiger partial charge in [0, 0.05) is 55.6 Å². The molecule has 2 saturated heterocycles. The quantitative estimate of drug-likeness (QED) is 0.750. The maximum absolute atomic E-state index is 13.1. The van der Waals surface area contributed by atoms with Crippen molar-refractivity contribution in [1.82, 2.24) is 9.80 Å². The van der Waals surface area contributed by atoms with E-state index in [1.54, 1.807) is 0 Å². The molecule has 1 saturated carbocycles. The first-order valence-electron chi connectivity index (χ1n) is 10.5. The van der Waals surface area contributed by atoms with Crippen LogP contribution in [0, 0.1) is 0 Å². The van der Waals surface area contributed by atoms with Crippen LogP contribution in [0.25, 0.3) is 0 Å². The number of hydrogen-bond acceptors (Lipinski definition) is 5. The normalized spacial score (nSPS) is 25.2. The Labute approximate surface area is 168 Å². The van der Waals surface area contributed by atoms with E-state index in [1.165, 1.54) is 0 Å². The molecule has 0 radical (unpaired) electrons. The van der Waals surface area contributed by atoms with Crippen molar-refractivity contribution >= 4 is 21.4 Å². The van der Waals surface area contributed by atoms with E-state index in [0.29, 0.717) is 18.0 Å². The topological polar surface area (TPSA) is 60.9 Å². The van der Waals surface area contributed by atoms with Crippen LogP contribution in [0.15, 0.2) is 24.3 Å². The van der Waals surface area contributed by atoms with Crippen LogP contribution in [0.3, 0.4) is 0 Å². The molecule has 3 aliphatic rings. The molecule has 0 N–H and O–H groups in total. The van der Waals surface area contributed by atoms with Gasteiger partial charge in [-0.1, -0.05) is 0 Å². The summed E-state index contributed by atoms with van der Waals surface area (Å²) in [5.74, 6) is 0.309. The highest BCUT2D eigenvalue weighted by atomic mass is 32.2. The lowest BCUT2D eigenvalue weighted by Crippen LogP contribution is -2.48. The Bertz CT molecular complexity index is 810. The van der Waals surface area contributed by atoms with Gasteiger partial charge in [0.1, 0.15) is 0 Å². The molecule has 1 amide bonds. The van der Waals surface area contributed by atoms with E-state index in [0.717, 1.165) is 44.7 Å². The Balaban J connectivity index is 1.43. The van der Waals surface area contributed by atoms with Crippen LogP contribution in [-0.4, -0.2) is 79.9 Å². The lowest BCUT2D eigenvalue weighted by atomic mass is 10.1. The standard InChI is InChI=1S/C21H31N3O3S/c1-16(2)22-10-12-23(13-11-22)18-5-3-17(4-6-18)21(25)24(19-7-8-19)20-9-14-28(26,27)15-20/h3-6,16,19-20H,7-15H2,1-2H3. The molecule has 28 heavy (non-hydrogen) atoms. The van der Waals surface area contributed by atoms with Gasteiger partial charge < -0.3 is 9.80 Å². The fourth-order valence-electron chi connectivity index (χ4n) is 4.44. The van der Waals surface area contributed by atoms with Crippen molar-refractivity contribution in [1.29, 1.82) is 0 Å². The molecule has 1 unspecified atom stereocenters. The number of carbonyl (C=O) groups is 1. The van der Waals surface area contributed by atoms with Crippen LogP contribution in [0.4, 0.5) is 5.69 Å². The predicted octanol–water partition coefficient (Wildman–Crippen LogP) is 2.01. The largest absolute Gasteiger partial charge is 0.369 e. The number of amides is 1.